The Balaban J connectivity index is 2.09. The molecule has 1 aliphatic heterocycles. The van der Waals surface area contributed by atoms with Crippen molar-refractivity contribution in [1.29, 1.82) is 0 Å². The minimum absolute atomic E-state index is 0.477. The summed E-state index contributed by atoms with van der Waals surface area (Å²) in [6, 6.07) is 9.46. The molecule has 0 radical (unpaired) electrons. The van der Waals surface area contributed by atoms with Crippen LogP contribution in [0.25, 0.3) is 0 Å². The van der Waals surface area contributed by atoms with Gasteiger partial charge in [-0.05, 0) is 37.6 Å². The van der Waals surface area contributed by atoms with Gasteiger partial charge in [-0.15, -0.1) is 0 Å². The molecule has 0 fully saturated rings. The number of nitrogens with one attached hydrogen (secondary N) is 1. The van der Waals surface area contributed by atoms with Crippen LogP contribution in [0.2, 0.25) is 0 Å². The normalized spacial score (nSPS) is 17.2. The molecule has 2 heteroatoms. The number of rotatable bonds is 4. The summed E-state index contributed by atoms with van der Waals surface area (Å²) < 4.78 is 0. The lowest BCUT2D eigenvalue weighted by molar-refractivity contribution is 0.577. The molecule has 0 bridgehead atoms. The van der Waals surface area contributed by atoms with Crippen LogP contribution in [-0.2, 0) is 0 Å². The highest BCUT2D eigenvalue weighted by molar-refractivity contribution is 5.49. The summed E-state index contributed by atoms with van der Waals surface area (Å²) in [5, 5.41) is 3.34. The maximum Gasteiger partial charge on any atom is 0.0369 e. The first-order valence-corrected chi connectivity index (χ1v) is 6.52. The highest BCUT2D eigenvalue weighted by atomic mass is 15.1. The van der Waals surface area contributed by atoms with Gasteiger partial charge in [0.2, 0.25) is 0 Å². The summed E-state index contributed by atoms with van der Waals surface area (Å²) in [5.41, 5.74) is 2.72. The van der Waals surface area contributed by atoms with Crippen LogP contribution in [-0.4, -0.2) is 20.1 Å². The molecule has 2 rings (SSSR count). The lowest BCUT2D eigenvalue weighted by Gasteiger charge is -2.26. The van der Waals surface area contributed by atoms with E-state index in [1.54, 1.807) is 0 Å². The standard InChI is InChI=1S/C15H22N2/c1-3-15(16-2)13-7-9-14(10-8-13)17-11-5-4-6-12-17/h4-5,7-10,15-16H,3,6,11-12H2,1-2H3. The average molecular weight is 230 g/mol. The molecular weight excluding hydrogens is 208 g/mol. The molecule has 1 N–H and O–H groups in total. The van der Waals surface area contributed by atoms with Gasteiger partial charge in [0.15, 0.2) is 0 Å². The van der Waals surface area contributed by atoms with Crippen molar-refractivity contribution < 1.29 is 0 Å². The summed E-state index contributed by atoms with van der Waals surface area (Å²) in [5.74, 6) is 0. The molecule has 1 heterocycles. The monoisotopic (exact) mass is 230 g/mol. The van der Waals surface area contributed by atoms with E-state index in [-0.39, 0.29) is 0 Å². The van der Waals surface area contributed by atoms with Crippen molar-refractivity contribution in [3.63, 3.8) is 0 Å². The summed E-state index contributed by atoms with van der Waals surface area (Å²) in [7, 11) is 2.03. The smallest absolute Gasteiger partial charge is 0.0369 e. The highest BCUT2D eigenvalue weighted by Crippen LogP contribution is 2.22. The lowest BCUT2D eigenvalue weighted by atomic mass is 10.0. The summed E-state index contributed by atoms with van der Waals surface area (Å²) >= 11 is 0. The molecule has 1 aromatic carbocycles. The molecular formula is C15H22N2. The molecule has 2 nitrogen and oxygen atoms in total. The van der Waals surface area contributed by atoms with Gasteiger partial charge in [-0.2, -0.15) is 0 Å². The lowest BCUT2D eigenvalue weighted by Crippen LogP contribution is -2.26. The second kappa shape index (κ2) is 5.87. The number of nitrogens with zero attached hydrogens (tertiary/aromatic N) is 1. The van der Waals surface area contributed by atoms with E-state index < -0.39 is 0 Å². The van der Waals surface area contributed by atoms with E-state index in [0.29, 0.717) is 6.04 Å². The summed E-state index contributed by atoms with van der Waals surface area (Å²) in [4.78, 5) is 2.42. The summed E-state index contributed by atoms with van der Waals surface area (Å²) in [6.45, 7) is 4.40. The van der Waals surface area contributed by atoms with Crippen molar-refractivity contribution in [1.82, 2.24) is 5.32 Å². The molecule has 0 saturated heterocycles. The topological polar surface area (TPSA) is 15.3 Å². The highest BCUT2D eigenvalue weighted by Gasteiger charge is 2.09. The molecule has 0 saturated carbocycles. The van der Waals surface area contributed by atoms with Crippen molar-refractivity contribution >= 4 is 5.69 Å². The Morgan fingerprint density at radius 3 is 2.53 bits per heavy atom. The molecule has 0 spiro atoms. The molecule has 0 aromatic heterocycles. The first-order chi connectivity index (χ1) is 8.35. The SMILES string of the molecule is CCC(NC)c1ccc(N2CC=CCC2)cc1. The fraction of sp³-hybridized carbons (Fsp3) is 0.467. The van der Waals surface area contributed by atoms with Crippen LogP contribution in [0.3, 0.4) is 0 Å². The van der Waals surface area contributed by atoms with Gasteiger partial charge < -0.3 is 10.2 Å². The molecule has 1 aliphatic rings. The first kappa shape index (κ1) is 12.2. The Hall–Kier alpha value is -1.28. The second-order valence-corrected chi connectivity index (χ2v) is 4.55. The first-order valence-electron chi connectivity index (χ1n) is 6.52. The van der Waals surface area contributed by atoms with Gasteiger partial charge in [-0.1, -0.05) is 31.2 Å². The molecule has 92 valence electrons. The van der Waals surface area contributed by atoms with Gasteiger partial charge >= 0.3 is 0 Å². The van der Waals surface area contributed by atoms with E-state index >= 15 is 0 Å². The van der Waals surface area contributed by atoms with Gasteiger partial charge in [0.1, 0.15) is 0 Å². The fourth-order valence-electron chi connectivity index (χ4n) is 2.40. The van der Waals surface area contributed by atoms with E-state index in [0.717, 1.165) is 25.9 Å². The van der Waals surface area contributed by atoms with E-state index in [9.17, 15) is 0 Å². The maximum atomic E-state index is 3.34. The van der Waals surface area contributed by atoms with Crippen LogP contribution in [0.1, 0.15) is 31.4 Å². The van der Waals surface area contributed by atoms with Crippen LogP contribution < -0.4 is 10.2 Å². The van der Waals surface area contributed by atoms with E-state index in [4.69, 9.17) is 0 Å². The van der Waals surface area contributed by atoms with Crippen LogP contribution in [0.15, 0.2) is 36.4 Å². The van der Waals surface area contributed by atoms with Crippen LogP contribution in [0.5, 0.6) is 0 Å². The van der Waals surface area contributed by atoms with Crippen molar-refractivity contribution in [2.24, 2.45) is 0 Å². The van der Waals surface area contributed by atoms with Gasteiger partial charge in [0.05, 0.1) is 0 Å². The molecule has 0 amide bonds. The largest absolute Gasteiger partial charge is 0.368 e. The molecule has 1 unspecified atom stereocenters. The van der Waals surface area contributed by atoms with E-state index in [1.165, 1.54) is 11.3 Å². The third-order valence-electron chi connectivity index (χ3n) is 3.48. The Morgan fingerprint density at radius 1 is 1.24 bits per heavy atom. The zero-order valence-corrected chi connectivity index (χ0v) is 10.8. The van der Waals surface area contributed by atoms with Crippen molar-refractivity contribution in [3.05, 3.63) is 42.0 Å². The number of benzene rings is 1. The maximum absolute atomic E-state index is 3.34. The third kappa shape index (κ3) is 2.89. The number of anilines is 1. The van der Waals surface area contributed by atoms with Gasteiger partial charge in [0.25, 0.3) is 0 Å². The van der Waals surface area contributed by atoms with Crippen molar-refractivity contribution in [3.8, 4) is 0 Å². The van der Waals surface area contributed by atoms with E-state index in [1.807, 2.05) is 7.05 Å². The Kier molecular flexibility index (Phi) is 4.21. The summed E-state index contributed by atoms with van der Waals surface area (Å²) in [6.07, 6.45) is 6.80. The predicted octanol–water partition coefficient (Wildman–Crippen LogP) is 3.12. The second-order valence-electron chi connectivity index (χ2n) is 4.55. The van der Waals surface area contributed by atoms with Crippen LogP contribution >= 0.6 is 0 Å². The zero-order valence-electron chi connectivity index (χ0n) is 10.8. The zero-order chi connectivity index (χ0) is 12.1. The van der Waals surface area contributed by atoms with Crippen molar-refractivity contribution in [2.75, 3.05) is 25.0 Å². The number of hydrogen-bond acceptors (Lipinski definition) is 2. The number of hydrogen-bond donors (Lipinski definition) is 1. The minimum atomic E-state index is 0.477. The molecule has 1 aromatic rings. The van der Waals surface area contributed by atoms with Gasteiger partial charge in [-0.25, -0.2) is 0 Å². The molecule has 17 heavy (non-hydrogen) atoms. The van der Waals surface area contributed by atoms with Gasteiger partial charge in [0, 0.05) is 24.8 Å². The Labute approximate surface area is 104 Å². The average Bonchev–Trinajstić information content (AvgIpc) is 2.42. The molecule has 1 atom stereocenters. The minimum Gasteiger partial charge on any atom is -0.368 e. The quantitative estimate of drug-likeness (QED) is 0.799. The predicted molar refractivity (Wildman–Crippen MR) is 74.5 cm³/mol. The third-order valence-corrected chi connectivity index (χ3v) is 3.48. The fourth-order valence-corrected chi connectivity index (χ4v) is 2.40. The van der Waals surface area contributed by atoms with Gasteiger partial charge in [-0.3, -0.25) is 0 Å². The van der Waals surface area contributed by atoms with Crippen molar-refractivity contribution in [2.45, 2.75) is 25.8 Å². The van der Waals surface area contributed by atoms with Crippen LogP contribution in [0, 0.1) is 0 Å². The van der Waals surface area contributed by atoms with E-state index in [2.05, 4.69) is 53.6 Å². The Bertz CT molecular complexity index is 363. The Morgan fingerprint density at radius 2 is 2.00 bits per heavy atom. The molecule has 0 aliphatic carbocycles. The van der Waals surface area contributed by atoms with Crippen LogP contribution in [0.4, 0.5) is 5.69 Å².